The molecule has 2 amide bonds. The van der Waals surface area contributed by atoms with E-state index in [-0.39, 0.29) is 0 Å². The fourth-order valence-corrected chi connectivity index (χ4v) is 1.01. The van der Waals surface area contributed by atoms with Gasteiger partial charge in [-0.15, -0.1) is 0 Å². The molecule has 13 heavy (non-hydrogen) atoms. The van der Waals surface area contributed by atoms with Gasteiger partial charge in [-0.2, -0.15) is 5.10 Å². The highest BCUT2D eigenvalue weighted by molar-refractivity contribution is 5.89. The highest BCUT2D eigenvalue weighted by Gasteiger charge is 2.13. The lowest BCUT2D eigenvalue weighted by Gasteiger charge is -2.15. The summed E-state index contributed by atoms with van der Waals surface area (Å²) in [6, 6.07) is 1.19. The minimum Gasteiger partial charge on any atom is -0.351 e. The first-order chi connectivity index (χ1) is 6.15. The largest absolute Gasteiger partial charge is 0.351 e. The molecule has 0 saturated heterocycles. The molecule has 0 radical (unpaired) electrons. The number of urea groups is 1. The number of carbonyl (C=O) groups excluding carboxylic acids is 1. The van der Waals surface area contributed by atoms with Gasteiger partial charge in [0.05, 0.1) is 0 Å². The van der Waals surface area contributed by atoms with Crippen molar-refractivity contribution in [1.29, 1.82) is 0 Å². The van der Waals surface area contributed by atoms with Crippen molar-refractivity contribution in [2.24, 2.45) is 11.5 Å². The fourth-order valence-electron chi connectivity index (χ4n) is 1.01. The number of nitrogens with one attached hydrogen (secondary N) is 1. The number of carbonyl (C=O) groups is 1. The van der Waals surface area contributed by atoms with Crippen molar-refractivity contribution >= 4 is 11.8 Å². The van der Waals surface area contributed by atoms with E-state index in [9.17, 15) is 4.79 Å². The molecule has 0 saturated carbocycles. The van der Waals surface area contributed by atoms with Gasteiger partial charge in [0.15, 0.2) is 5.82 Å². The molecule has 0 spiro atoms. The lowest BCUT2D eigenvalue weighted by Crippen LogP contribution is -2.39. The van der Waals surface area contributed by atoms with Gasteiger partial charge in [0.25, 0.3) is 0 Å². The second-order valence-corrected chi connectivity index (χ2v) is 2.69. The van der Waals surface area contributed by atoms with Crippen LogP contribution in [0, 0.1) is 6.92 Å². The van der Waals surface area contributed by atoms with Gasteiger partial charge in [-0.25, -0.2) is 4.79 Å². The SMILES string of the molecule is Cc1cc(N(CCN)C(N)=O)n[nH]1. The summed E-state index contributed by atoms with van der Waals surface area (Å²) in [5.74, 6) is 0.510. The minimum atomic E-state index is -0.544. The quantitative estimate of drug-likeness (QED) is 0.592. The predicted molar refractivity (Wildman–Crippen MR) is 49.3 cm³/mol. The Morgan fingerprint density at radius 1 is 1.77 bits per heavy atom. The van der Waals surface area contributed by atoms with Gasteiger partial charge in [-0.05, 0) is 6.92 Å². The highest BCUT2D eigenvalue weighted by atomic mass is 16.2. The standard InChI is InChI=1S/C7H13N5O/c1-5-4-6(11-10-5)12(3-2-8)7(9)13/h4H,2-3,8H2,1H3,(H2,9,13)(H,10,11). The summed E-state index contributed by atoms with van der Waals surface area (Å²) in [5.41, 5.74) is 11.3. The van der Waals surface area contributed by atoms with E-state index in [1.165, 1.54) is 4.90 Å². The Morgan fingerprint density at radius 2 is 2.46 bits per heavy atom. The fraction of sp³-hybridized carbons (Fsp3) is 0.429. The molecular formula is C7H13N5O. The summed E-state index contributed by atoms with van der Waals surface area (Å²) in [5, 5.41) is 6.62. The molecule has 1 heterocycles. The van der Waals surface area contributed by atoms with Crippen LogP contribution in [0.3, 0.4) is 0 Å². The second-order valence-electron chi connectivity index (χ2n) is 2.69. The smallest absolute Gasteiger partial charge is 0.320 e. The zero-order valence-electron chi connectivity index (χ0n) is 7.45. The Labute approximate surface area is 75.9 Å². The van der Waals surface area contributed by atoms with Crippen molar-refractivity contribution in [3.63, 3.8) is 0 Å². The van der Waals surface area contributed by atoms with Crippen molar-refractivity contribution in [3.8, 4) is 0 Å². The molecule has 0 bridgehead atoms. The van der Waals surface area contributed by atoms with Crippen molar-refractivity contribution in [1.82, 2.24) is 10.2 Å². The maximum atomic E-state index is 10.9. The summed E-state index contributed by atoms with van der Waals surface area (Å²) >= 11 is 0. The Bertz CT molecular complexity index is 295. The topological polar surface area (TPSA) is 101 Å². The molecule has 0 aromatic carbocycles. The summed E-state index contributed by atoms with van der Waals surface area (Å²) in [6.45, 7) is 2.58. The normalized spacial score (nSPS) is 10.0. The van der Waals surface area contributed by atoms with Crippen LogP contribution in [0.2, 0.25) is 0 Å². The van der Waals surface area contributed by atoms with Crippen LogP contribution >= 0.6 is 0 Å². The Morgan fingerprint density at radius 3 is 2.85 bits per heavy atom. The lowest BCUT2D eigenvalue weighted by molar-refractivity contribution is 0.254. The zero-order chi connectivity index (χ0) is 9.84. The number of amides is 2. The first kappa shape index (κ1) is 9.53. The van der Waals surface area contributed by atoms with Crippen LogP contribution in [-0.2, 0) is 0 Å². The Balaban J connectivity index is 2.81. The summed E-state index contributed by atoms with van der Waals surface area (Å²) in [4.78, 5) is 12.3. The number of hydrogen-bond donors (Lipinski definition) is 3. The van der Waals surface area contributed by atoms with Crippen molar-refractivity contribution in [2.45, 2.75) is 6.92 Å². The molecule has 0 unspecified atom stereocenters. The average molecular weight is 183 g/mol. The number of rotatable bonds is 3. The van der Waals surface area contributed by atoms with E-state index in [1.807, 2.05) is 6.92 Å². The highest BCUT2D eigenvalue weighted by Crippen LogP contribution is 2.10. The molecule has 0 fully saturated rings. The first-order valence-corrected chi connectivity index (χ1v) is 3.94. The number of anilines is 1. The number of hydrogen-bond acceptors (Lipinski definition) is 3. The maximum Gasteiger partial charge on any atom is 0.320 e. The number of aromatic amines is 1. The lowest BCUT2D eigenvalue weighted by atomic mass is 10.4. The number of aromatic nitrogens is 2. The molecule has 0 aliphatic carbocycles. The van der Waals surface area contributed by atoms with Gasteiger partial charge < -0.3 is 11.5 Å². The van der Waals surface area contributed by atoms with E-state index in [1.54, 1.807) is 6.07 Å². The third-order valence-electron chi connectivity index (χ3n) is 1.59. The van der Waals surface area contributed by atoms with Crippen molar-refractivity contribution < 1.29 is 4.79 Å². The molecular weight excluding hydrogens is 170 g/mol. The van der Waals surface area contributed by atoms with Crippen LogP contribution in [-0.4, -0.2) is 29.3 Å². The molecule has 0 aliphatic rings. The van der Waals surface area contributed by atoms with Gasteiger partial charge >= 0.3 is 6.03 Å². The third-order valence-corrected chi connectivity index (χ3v) is 1.59. The second kappa shape index (κ2) is 3.90. The van der Waals surface area contributed by atoms with Crippen LogP contribution in [0.15, 0.2) is 6.07 Å². The van der Waals surface area contributed by atoms with Crippen LogP contribution in [0.1, 0.15) is 5.69 Å². The summed E-state index contributed by atoms with van der Waals surface area (Å²) < 4.78 is 0. The van der Waals surface area contributed by atoms with E-state index < -0.39 is 6.03 Å². The van der Waals surface area contributed by atoms with Crippen molar-refractivity contribution in [3.05, 3.63) is 11.8 Å². The average Bonchev–Trinajstić information content (AvgIpc) is 2.46. The first-order valence-electron chi connectivity index (χ1n) is 3.94. The Kier molecular flexibility index (Phi) is 2.86. The molecule has 1 aromatic heterocycles. The zero-order valence-corrected chi connectivity index (χ0v) is 7.45. The van der Waals surface area contributed by atoms with Crippen LogP contribution in [0.25, 0.3) is 0 Å². The monoisotopic (exact) mass is 183 g/mol. The third kappa shape index (κ3) is 2.19. The van der Waals surface area contributed by atoms with Crippen LogP contribution < -0.4 is 16.4 Å². The van der Waals surface area contributed by atoms with E-state index in [2.05, 4.69) is 10.2 Å². The van der Waals surface area contributed by atoms with Gasteiger partial charge in [0.2, 0.25) is 0 Å². The molecule has 1 rings (SSSR count). The van der Waals surface area contributed by atoms with Crippen LogP contribution in [0.5, 0.6) is 0 Å². The van der Waals surface area contributed by atoms with Gasteiger partial charge in [0.1, 0.15) is 0 Å². The van der Waals surface area contributed by atoms with Gasteiger partial charge in [-0.1, -0.05) is 0 Å². The Hall–Kier alpha value is -1.56. The van der Waals surface area contributed by atoms with E-state index in [0.29, 0.717) is 18.9 Å². The van der Waals surface area contributed by atoms with E-state index in [0.717, 1.165) is 5.69 Å². The molecule has 5 N–H and O–H groups in total. The van der Waals surface area contributed by atoms with Gasteiger partial charge in [0, 0.05) is 24.8 Å². The number of primary amides is 1. The molecule has 6 nitrogen and oxygen atoms in total. The maximum absolute atomic E-state index is 10.9. The minimum absolute atomic E-state index is 0.356. The molecule has 72 valence electrons. The number of nitrogens with zero attached hydrogens (tertiary/aromatic N) is 2. The summed E-state index contributed by atoms with van der Waals surface area (Å²) in [6.07, 6.45) is 0. The van der Waals surface area contributed by atoms with E-state index >= 15 is 0 Å². The molecule has 1 aromatic rings. The molecule has 6 heteroatoms. The van der Waals surface area contributed by atoms with Gasteiger partial charge in [-0.3, -0.25) is 10.00 Å². The van der Waals surface area contributed by atoms with E-state index in [4.69, 9.17) is 11.5 Å². The predicted octanol–water partition coefficient (Wildman–Crippen LogP) is -0.438. The summed E-state index contributed by atoms with van der Waals surface area (Å²) in [7, 11) is 0. The molecule has 0 atom stereocenters. The van der Waals surface area contributed by atoms with Crippen LogP contribution in [0.4, 0.5) is 10.6 Å². The molecule has 0 aliphatic heterocycles. The van der Waals surface area contributed by atoms with Crippen molar-refractivity contribution in [2.75, 3.05) is 18.0 Å². The number of H-pyrrole nitrogens is 1. The number of aryl methyl sites for hydroxylation is 1. The number of nitrogens with two attached hydrogens (primary N) is 2.